The van der Waals surface area contributed by atoms with Crippen LogP contribution in [0.3, 0.4) is 0 Å². The normalized spacial score (nSPS) is 10.9. The minimum atomic E-state index is 0.683. The summed E-state index contributed by atoms with van der Waals surface area (Å²) in [6.07, 6.45) is 11.6. The molecule has 0 bridgehead atoms. The Labute approximate surface area is 133 Å². The number of hydrogen-bond acceptors (Lipinski definition) is 4. The van der Waals surface area contributed by atoms with Gasteiger partial charge in [-0.2, -0.15) is 0 Å². The van der Waals surface area contributed by atoms with Crippen molar-refractivity contribution in [3.8, 4) is 11.8 Å². The molecule has 4 nitrogen and oxygen atoms in total. The Morgan fingerprint density at radius 3 is 2.68 bits per heavy atom. The van der Waals surface area contributed by atoms with E-state index in [2.05, 4.69) is 47.8 Å². The van der Waals surface area contributed by atoms with Gasteiger partial charge in [0.1, 0.15) is 0 Å². The van der Waals surface area contributed by atoms with Crippen molar-refractivity contribution in [3.63, 3.8) is 0 Å². The van der Waals surface area contributed by atoms with Crippen molar-refractivity contribution in [3.05, 3.63) is 53.6 Å². The number of nitrogens with two attached hydrogens (primary N) is 2. The monoisotopic (exact) mass is 298 g/mol. The second-order valence-corrected chi connectivity index (χ2v) is 4.84. The molecule has 0 amide bonds. The van der Waals surface area contributed by atoms with Gasteiger partial charge in [0.15, 0.2) is 0 Å². The van der Waals surface area contributed by atoms with Crippen molar-refractivity contribution < 1.29 is 0 Å². The summed E-state index contributed by atoms with van der Waals surface area (Å²) in [6, 6.07) is 6.16. The van der Waals surface area contributed by atoms with E-state index in [-0.39, 0.29) is 0 Å². The van der Waals surface area contributed by atoms with Gasteiger partial charge in [0.05, 0.1) is 5.69 Å². The first-order valence-electron chi connectivity index (χ1n) is 7.61. The summed E-state index contributed by atoms with van der Waals surface area (Å²) in [4.78, 5) is 0. The van der Waals surface area contributed by atoms with E-state index in [1.165, 1.54) is 5.56 Å². The predicted molar refractivity (Wildman–Crippen MR) is 94.8 cm³/mol. The highest BCUT2D eigenvalue weighted by atomic mass is 15.2. The highest BCUT2D eigenvalue weighted by Gasteiger charge is 2.01. The van der Waals surface area contributed by atoms with Crippen LogP contribution in [-0.2, 0) is 12.8 Å². The molecule has 0 radical (unpaired) electrons. The molecule has 4 heteroatoms. The average molecular weight is 298 g/mol. The molecular weight excluding hydrogens is 272 g/mol. The maximum Gasteiger partial charge on any atom is 0.0526 e. The molecule has 0 unspecified atom stereocenters. The second kappa shape index (κ2) is 11.6. The van der Waals surface area contributed by atoms with Crippen LogP contribution in [0.15, 0.2) is 42.5 Å². The third kappa shape index (κ3) is 7.09. The number of anilines is 1. The van der Waals surface area contributed by atoms with Crippen LogP contribution in [0.5, 0.6) is 0 Å². The molecule has 118 valence electrons. The van der Waals surface area contributed by atoms with Crippen LogP contribution >= 0.6 is 0 Å². The maximum atomic E-state index is 5.55. The van der Waals surface area contributed by atoms with E-state index in [9.17, 15) is 0 Å². The zero-order valence-corrected chi connectivity index (χ0v) is 13.2. The van der Waals surface area contributed by atoms with Crippen LogP contribution in [0.4, 0.5) is 5.69 Å². The summed E-state index contributed by atoms with van der Waals surface area (Å²) in [7, 11) is 0. The van der Waals surface area contributed by atoms with E-state index >= 15 is 0 Å². The third-order valence-electron chi connectivity index (χ3n) is 3.13. The number of allylic oxidation sites excluding steroid dienone is 4. The molecule has 0 saturated heterocycles. The van der Waals surface area contributed by atoms with E-state index in [1.54, 1.807) is 0 Å². The summed E-state index contributed by atoms with van der Waals surface area (Å²) < 4.78 is 0. The van der Waals surface area contributed by atoms with Crippen molar-refractivity contribution >= 4 is 5.69 Å². The first-order chi connectivity index (χ1) is 10.8. The van der Waals surface area contributed by atoms with Crippen molar-refractivity contribution in [1.82, 2.24) is 5.43 Å². The fraction of sp³-hybridized carbons (Fsp3) is 0.333. The van der Waals surface area contributed by atoms with Crippen LogP contribution in [0.25, 0.3) is 0 Å². The molecule has 1 aromatic rings. The summed E-state index contributed by atoms with van der Waals surface area (Å²) in [5, 5.41) is 0. The SMILES string of the molecule is CC/C=C\C=C/CC#CCc1cc(CCNN)ccc1NN. The molecule has 0 spiro atoms. The molecule has 0 heterocycles. The topological polar surface area (TPSA) is 76.1 Å². The Kier molecular flexibility index (Phi) is 9.47. The lowest BCUT2D eigenvalue weighted by Gasteiger charge is -2.09. The Hall–Kier alpha value is -2.06. The minimum Gasteiger partial charge on any atom is -0.324 e. The summed E-state index contributed by atoms with van der Waals surface area (Å²) in [5.74, 6) is 17.2. The fourth-order valence-electron chi connectivity index (χ4n) is 1.96. The molecular formula is C18H26N4. The number of hydrazine groups is 2. The van der Waals surface area contributed by atoms with Crippen LogP contribution < -0.4 is 22.5 Å². The van der Waals surface area contributed by atoms with Crippen LogP contribution in [0, 0.1) is 11.8 Å². The standard InChI is InChI=1S/C18H26N4/c1-2-3-4-5-6-7-8-9-10-17-15-16(13-14-21-19)11-12-18(17)22-20/h3-6,11-12,15,21-22H,2,7,10,13-14,19-20H2,1H3/b4-3-,6-5-. The molecule has 1 rings (SSSR count). The van der Waals surface area contributed by atoms with Gasteiger partial charge in [0.25, 0.3) is 0 Å². The first-order valence-corrected chi connectivity index (χ1v) is 7.61. The number of nitrogen functional groups attached to an aromatic ring is 1. The Morgan fingerprint density at radius 2 is 1.95 bits per heavy atom. The number of benzene rings is 1. The zero-order valence-electron chi connectivity index (χ0n) is 13.2. The van der Waals surface area contributed by atoms with Crippen LogP contribution in [-0.4, -0.2) is 6.54 Å². The van der Waals surface area contributed by atoms with Gasteiger partial charge in [-0.1, -0.05) is 55.2 Å². The average Bonchev–Trinajstić information content (AvgIpc) is 2.55. The number of hydrogen-bond donors (Lipinski definition) is 4. The van der Waals surface area contributed by atoms with Crippen LogP contribution in [0.2, 0.25) is 0 Å². The molecule has 1 aromatic carbocycles. The van der Waals surface area contributed by atoms with Crippen molar-refractivity contribution in [2.75, 3.05) is 12.0 Å². The fourth-order valence-corrected chi connectivity index (χ4v) is 1.96. The second-order valence-electron chi connectivity index (χ2n) is 4.84. The number of rotatable bonds is 8. The van der Waals surface area contributed by atoms with E-state index in [0.717, 1.165) is 37.1 Å². The zero-order chi connectivity index (χ0) is 16.0. The molecule has 22 heavy (non-hydrogen) atoms. The van der Waals surface area contributed by atoms with Gasteiger partial charge in [-0.05, 0) is 30.0 Å². The molecule has 0 aliphatic heterocycles. The van der Waals surface area contributed by atoms with Gasteiger partial charge in [-0.25, -0.2) is 0 Å². The first kappa shape index (κ1) is 18.0. The maximum absolute atomic E-state index is 5.55. The van der Waals surface area contributed by atoms with E-state index in [0.29, 0.717) is 6.42 Å². The lowest BCUT2D eigenvalue weighted by Crippen LogP contribution is -2.24. The molecule has 6 N–H and O–H groups in total. The molecule has 0 aliphatic rings. The lowest BCUT2D eigenvalue weighted by molar-refractivity contribution is 0.728. The van der Waals surface area contributed by atoms with Gasteiger partial charge in [-0.15, -0.1) is 0 Å². The molecule has 0 saturated carbocycles. The van der Waals surface area contributed by atoms with Crippen molar-refractivity contribution in [2.24, 2.45) is 11.7 Å². The molecule has 0 fully saturated rings. The van der Waals surface area contributed by atoms with Crippen LogP contribution in [0.1, 0.15) is 30.9 Å². The summed E-state index contributed by atoms with van der Waals surface area (Å²) in [5.41, 5.74) is 8.63. The highest BCUT2D eigenvalue weighted by molar-refractivity contribution is 5.53. The lowest BCUT2D eigenvalue weighted by atomic mass is 10.0. The van der Waals surface area contributed by atoms with E-state index in [1.807, 2.05) is 24.3 Å². The largest absolute Gasteiger partial charge is 0.324 e. The minimum absolute atomic E-state index is 0.683. The Morgan fingerprint density at radius 1 is 1.14 bits per heavy atom. The number of nitrogens with one attached hydrogen (secondary N) is 2. The summed E-state index contributed by atoms with van der Waals surface area (Å²) in [6.45, 7) is 2.86. The van der Waals surface area contributed by atoms with Gasteiger partial charge < -0.3 is 5.43 Å². The van der Waals surface area contributed by atoms with E-state index < -0.39 is 0 Å². The van der Waals surface area contributed by atoms with Gasteiger partial charge in [0.2, 0.25) is 0 Å². The molecule has 0 atom stereocenters. The Bertz CT molecular complexity index is 550. The van der Waals surface area contributed by atoms with Gasteiger partial charge in [-0.3, -0.25) is 17.1 Å². The van der Waals surface area contributed by atoms with Crippen molar-refractivity contribution in [2.45, 2.75) is 32.6 Å². The smallest absolute Gasteiger partial charge is 0.0526 e. The van der Waals surface area contributed by atoms with Gasteiger partial charge >= 0.3 is 0 Å². The quantitative estimate of drug-likeness (QED) is 0.257. The third-order valence-corrected chi connectivity index (χ3v) is 3.13. The molecule has 0 aromatic heterocycles. The van der Waals surface area contributed by atoms with Gasteiger partial charge in [0, 0.05) is 19.4 Å². The summed E-state index contributed by atoms with van der Waals surface area (Å²) >= 11 is 0. The Balaban J connectivity index is 2.59. The highest BCUT2D eigenvalue weighted by Crippen LogP contribution is 2.17. The predicted octanol–water partition coefficient (Wildman–Crippen LogP) is 2.44. The van der Waals surface area contributed by atoms with E-state index in [4.69, 9.17) is 11.7 Å². The molecule has 0 aliphatic carbocycles. The van der Waals surface area contributed by atoms with Crippen molar-refractivity contribution in [1.29, 1.82) is 0 Å².